The first kappa shape index (κ1) is 17.8. The maximum absolute atomic E-state index is 12.4. The number of hydrogen-bond donors (Lipinski definition) is 2. The number of benzene rings is 1. The summed E-state index contributed by atoms with van der Waals surface area (Å²) in [6, 6.07) is 9.43. The highest BCUT2D eigenvalue weighted by Gasteiger charge is 2.36. The van der Waals surface area contributed by atoms with Crippen LogP contribution in [0.15, 0.2) is 36.5 Å². The second-order valence-corrected chi connectivity index (χ2v) is 7.75. The van der Waals surface area contributed by atoms with Crippen LogP contribution in [0.25, 0.3) is 5.69 Å². The highest BCUT2D eigenvalue weighted by atomic mass is 32.2. The summed E-state index contributed by atoms with van der Waals surface area (Å²) in [6.45, 7) is 2.58. The molecule has 1 fully saturated rings. The van der Waals surface area contributed by atoms with Crippen LogP contribution in [-0.2, 0) is 0 Å². The van der Waals surface area contributed by atoms with E-state index in [0.717, 1.165) is 35.0 Å². The highest BCUT2D eigenvalue weighted by molar-refractivity contribution is 7.99. The smallest absolute Gasteiger partial charge is 0.319 e. The first-order valence-electron chi connectivity index (χ1n) is 8.42. The van der Waals surface area contributed by atoms with Gasteiger partial charge < -0.3 is 15.5 Å². The van der Waals surface area contributed by atoms with Gasteiger partial charge in [-0.25, -0.2) is 9.48 Å². The van der Waals surface area contributed by atoms with Gasteiger partial charge in [-0.15, -0.1) is 0 Å². The molecule has 0 saturated carbocycles. The van der Waals surface area contributed by atoms with Crippen molar-refractivity contribution in [2.75, 3.05) is 37.5 Å². The van der Waals surface area contributed by atoms with Crippen LogP contribution >= 0.6 is 11.8 Å². The van der Waals surface area contributed by atoms with Gasteiger partial charge in [-0.05, 0) is 51.4 Å². The first-order chi connectivity index (χ1) is 12.0. The fourth-order valence-corrected chi connectivity index (χ4v) is 4.54. The van der Waals surface area contributed by atoms with Crippen LogP contribution in [0.1, 0.15) is 12.1 Å². The molecule has 1 saturated heterocycles. The number of hydrogen-bond acceptors (Lipinski definition) is 4. The summed E-state index contributed by atoms with van der Waals surface area (Å²) in [6.07, 6.45) is 2.98. The van der Waals surface area contributed by atoms with Crippen molar-refractivity contribution in [1.82, 2.24) is 20.0 Å². The number of thioether (sulfide) groups is 1. The van der Waals surface area contributed by atoms with Crippen molar-refractivity contribution in [3.8, 4) is 5.69 Å². The molecule has 2 N–H and O–H groups in total. The molecule has 6 nitrogen and oxygen atoms in total. The van der Waals surface area contributed by atoms with Crippen LogP contribution in [-0.4, -0.2) is 58.4 Å². The summed E-state index contributed by atoms with van der Waals surface area (Å²) in [5, 5.41) is 10.4. The van der Waals surface area contributed by atoms with Gasteiger partial charge in [0, 0.05) is 24.0 Å². The van der Waals surface area contributed by atoms with E-state index in [-0.39, 0.29) is 11.6 Å². The minimum Gasteiger partial charge on any atom is -0.336 e. The van der Waals surface area contributed by atoms with E-state index in [1.807, 2.05) is 55.2 Å². The lowest BCUT2D eigenvalue weighted by Crippen LogP contribution is -2.53. The highest BCUT2D eigenvalue weighted by Crippen LogP contribution is 2.31. The number of anilines is 1. The molecule has 3 rings (SSSR count). The molecule has 1 unspecified atom stereocenters. The molecule has 1 aromatic heterocycles. The maximum Gasteiger partial charge on any atom is 0.319 e. The molecule has 0 bridgehead atoms. The van der Waals surface area contributed by atoms with E-state index in [9.17, 15) is 4.79 Å². The zero-order valence-electron chi connectivity index (χ0n) is 15.0. The lowest BCUT2D eigenvalue weighted by molar-refractivity contribution is 0.176. The molecule has 2 heterocycles. The molecular formula is C18H25N5OS. The van der Waals surface area contributed by atoms with Crippen LogP contribution < -0.4 is 10.6 Å². The van der Waals surface area contributed by atoms with Crippen LogP contribution in [0.4, 0.5) is 10.5 Å². The standard InChI is InChI=1S/C18H25N5OS/c1-14-8-10-23(21-14)16-7-5-4-6-15(16)20-17(24)19-12-18(22(2)3)9-11-25-13-18/h4-8,10H,9,11-13H2,1-3H3,(H2,19,20,24). The van der Waals surface area contributed by atoms with E-state index in [2.05, 4.69) is 34.7 Å². The number of para-hydroxylation sites is 2. The van der Waals surface area contributed by atoms with Crippen molar-refractivity contribution in [2.45, 2.75) is 18.9 Å². The number of carbonyl (C=O) groups is 1. The summed E-state index contributed by atoms with van der Waals surface area (Å²) in [5.41, 5.74) is 2.57. The number of rotatable bonds is 5. The molecule has 25 heavy (non-hydrogen) atoms. The van der Waals surface area contributed by atoms with Gasteiger partial charge in [-0.3, -0.25) is 0 Å². The second-order valence-electron chi connectivity index (χ2n) is 6.65. The lowest BCUT2D eigenvalue weighted by atomic mass is 9.97. The van der Waals surface area contributed by atoms with Crippen molar-refractivity contribution in [3.63, 3.8) is 0 Å². The molecule has 0 aliphatic carbocycles. The SMILES string of the molecule is Cc1ccn(-c2ccccc2NC(=O)NCC2(N(C)C)CCSC2)n1. The summed E-state index contributed by atoms with van der Waals surface area (Å²) in [5.74, 6) is 2.19. The predicted molar refractivity (Wildman–Crippen MR) is 104 cm³/mol. The lowest BCUT2D eigenvalue weighted by Gasteiger charge is -2.35. The van der Waals surface area contributed by atoms with Crippen molar-refractivity contribution < 1.29 is 4.79 Å². The second kappa shape index (κ2) is 7.49. The third-order valence-electron chi connectivity index (χ3n) is 4.73. The van der Waals surface area contributed by atoms with E-state index < -0.39 is 0 Å². The minimum atomic E-state index is -0.186. The molecule has 1 aliphatic heterocycles. The Balaban J connectivity index is 1.67. The summed E-state index contributed by atoms with van der Waals surface area (Å²) in [4.78, 5) is 14.7. The van der Waals surface area contributed by atoms with Crippen molar-refractivity contribution in [1.29, 1.82) is 0 Å². The quantitative estimate of drug-likeness (QED) is 0.862. The Morgan fingerprint density at radius 3 is 2.80 bits per heavy atom. The molecule has 2 amide bonds. The number of aromatic nitrogens is 2. The Kier molecular flexibility index (Phi) is 5.34. The number of carbonyl (C=O) groups excluding carboxylic acids is 1. The van der Waals surface area contributed by atoms with E-state index >= 15 is 0 Å². The Hall–Kier alpha value is -1.99. The molecule has 1 aliphatic rings. The number of amides is 2. The van der Waals surface area contributed by atoms with Crippen LogP contribution in [0.5, 0.6) is 0 Å². The van der Waals surface area contributed by atoms with Gasteiger partial charge in [0.05, 0.1) is 17.1 Å². The molecule has 2 aromatic rings. The molecule has 0 radical (unpaired) electrons. The molecule has 0 spiro atoms. The molecule has 7 heteroatoms. The number of nitrogens with zero attached hydrogens (tertiary/aromatic N) is 3. The molecule has 1 aromatic carbocycles. The third-order valence-corrected chi connectivity index (χ3v) is 5.96. The van der Waals surface area contributed by atoms with Crippen molar-refractivity contribution >= 4 is 23.5 Å². The van der Waals surface area contributed by atoms with Gasteiger partial charge in [0.15, 0.2) is 0 Å². The van der Waals surface area contributed by atoms with E-state index in [1.165, 1.54) is 0 Å². The van der Waals surface area contributed by atoms with Gasteiger partial charge in [-0.2, -0.15) is 16.9 Å². The maximum atomic E-state index is 12.4. The third kappa shape index (κ3) is 3.99. The van der Waals surface area contributed by atoms with Crippen molar-refractivity contribution in [2.24, 2.45) is 0 Å². The fraction of sp³-hybridized carbons (Fsp3) is 0.444. The van der Waals surface area contributed by atoms with Gasteiger partial charge >= 0.3 is 6.03 Å². The number of nitrogens with one attached hydrogen (secondary N) is 2. The van der Waals surface area contributed by atoms with Crippen molar-refractivity contribution in [3.05, 3.63) is 42.2 Å². The van der Waals surface area contributed by atoms with Gasteiger partial charge in [0.2, 0.25) is 0 Å². The number of aryl methyl sites for hydroxylation is 1. The molecular weight excluding hydrogens is 334 g/mol. The number of urea groups is 1. The Morgan fingerprint density at radius 1 is 1.36 bits per heavy atom. The van der Waals surface area contributed by atoms with Gasteiger partial charge in [0.1, 0.15) is 0 Å². The number of likely N-dealkylation sites (N-methyl/N-ethyl adjacent to an activating group) is 1. The fourth-order valence-electron chi connectivity index (χ4n) is 2.99. The Bertz CT molecular complexity index is 737. The van der Waals surface area contributed by atoms with E-state index in [0.29, 0.717) is 6.54 Å². The largest absolute Gasteiger partial charge is 0.336 e. The van der Waals surface area contributed by atoms with Crippen LogP contribution in [0.3, 0.4) is 0 Å². The van der Waals surface area contributed by atoms with Gasteiger partial charge in [0.25, 0.3) is 0 Å². The molecule has 1 atom stereocenters. The first-order valence-corrected chi connectivity index (χ1v) is 9.57. The Morgan fingerprint density at radius 2 is 2.16 bits per heavy atom. The zero-order valence-corrected chi connectivity index (χ0v) is 15.8. The summed E-state index contributed by atoms with van der Waals surface area (Å²) in [7, 11) is 4.17. The Labute approximate surface area is 153 Å². The predicted octanol–water partition coefficient (Wildman–Crippen LogP) is 2.74. The van der Waals surface area contributed by atoms with Crippen LogP contribution in [0, 0.1) is 6.92 Å². The zero-order chi connectivity index (χ0) is 17.9. The van der Waals surface area contributed by atoms with Crippen LogP contribution in [0.2, 0.25) is 0 Å². The van der Waals surface area contributed by atoms with E-state index in [1.54, 1.807) is 4.68 Å². The summed E-state index contributed by atoms with van der Waals surface area (Å²) < 4.78 is 1.78. The van der Waals surface area contributed by atoms with Gasteiger partial charge in [-0.1, -0.05) is 12.1 Å². The molecule has 134 valence electrons. The minimum absolute atomic E-state index is 0.0423. The topological polar surface area (TPSA) is 62.2 Å². The average molecular weight is 359 g/mol. The van der Waals surface area contributed by atoms with E-state index in [4.69, 9.17) is 0 Å². The normalized spacial score (nSPS) is 20.0. The average Bonchev–Trinajstić information content (AvgIpc) is 3.23. The summed E-state index contributed by atoms with van der Waals surface area (Å²) >= 11 is 1.94. The monoisotopic (exact) mass is 359 g/mol.